The van der Waals surface area contributed by atoms with Crippen molar-refractivity contribution < 1.29 is 13.2 Å². The second kappa shape index (κ2) is 5.97. The van der Waals surface area contributed by atoms with Gasteiger partial charge in [0, 0.05) is 5.54 Å². The maximum Gasteiger partial charge on any atom is 0.244 e. The van der Waals surface area contributed by atoms with Gasteiger partial charge in [0.25, 0.3) is 0 Å². The van der Waals surface area contributed by atoms with Crippen LogP contribution in [0, 0.1) is 0 Å². The number of rotatable bonds is 4. The first-order valence-corrected chi connectivity index (χ1v) is 8.66. The fraction of sp³-hybridized carbons (Fsp3) is 0.625. The molecule has 5 heteroatoms. The molecule has 0 radical (unpaired) electrons. The van der Waals surface area contributed by atoms with Gasteiger partial charge in [-0.15, -0.1) is 0 Å². The summed E-state index contributed by atoms with van der Waals surface area (Å²) in [5, 5.41) is 0. The third-order valence-electron chi connectivity index (χ3n) is 2.84. The van der Waals surface area contributed by atoms with Crippen LogP contribution in [0.5, 0.6) is 5.75 Å². The topological polar surface area (TPSA) is 55.4 Å². The van der Waals surface area contributed by atoms with Gasteiger partial charge in [-0.25, -0.2) is 13.1 Å². The molecular weight excluding hydrogens is 286 g/mol. The maximum atomic E-state index is 12.6. The van der Waals surface area contributed by atoms with Crippen LogP contribution in [0.15, 0.2) is 23.1 Å². The zero-order chi connectivity index (χ0) is 16.5. The van der Waals surface area contributed by atoms with E-state index in [0.717, 1.165) is 5.56 Å². The summed E-state index contributed by atoms with van der Waals surface area (Å²) < 4.78 is 33.4. The summed E-state index contributed by atoms with van der Waals surface area (Å²) in [5.41, 5.74) is 0.289. The van der Waals surface area contributed by atoms with E-state index in [0.29, 0.717) is 12.4 Å². The van der Waals surface area contributed by atoms with E-state index in [2.05, 4.69) is 25.5 Å². The van der Waals surface area contributed by atoms with Gasteiger partial charge in [-0.2, -0.15) is 0 Å². The minimum Gasteiger partial charge on any atom is -0.492 e. The van der Waals surface area contributed by atoms with Crippen LogP contribution in [0.1, 0.15) is 54.0 Å². The largest absolute Gasteiger partial charge is 0.492 e. The molecule has 1 aromatic rings. The normalized spacial score (nSPS) is 13.3. The predicted octanol–water partition coefficient (Wildman–Crippen LogP) is 3.46. The van der Waals surface area contributed by atoms with Gasteiger partial charge >= 0.3 is 0 Å². The number of hydrogen-bond acceptors (Lipinski definition) is 3. The van der Waals surface area contributed by atoms with Crippen LogP contribution in [0.3, 0.4) is 0 Å². The molecule has 1 rings (SSSR count). The van der Waals surface area contributed by atoms with Gasteiger partial charge in [0.05, 0.1) is 6.61 Å². The van der Waals surface area contributed by atoms with Crippen LogP contribution in [-0.2, 0) is 15.4 Å². The first-order valence-electron chi connectivity index (χ1n) is 7.18. The Hall–Kier alpha value is -1.07. The first kappa shape index (κ1) is 18.0. The number of hydrogen-bond donors (Lipinski definition) is 1. The van der Waals surface area contributed by atoms with E-state index in [9.17, 15) is 8.42 Å². The Labute approximate surface area is 129 Å². The SMILES string of the molecule is CCOc1ccc(C(C)(C)C)cc1S(=O)(=O)NC(C)(C)C. The second-order valence-corrected chi connectivity index (χ2v) is 8.85. The Morgan fingerprint density at radius 2 is 1.67 bits per heavy atom. The van der Waals surface area contributed by atoms with Crippen molar-refractivity contribution in [1.29, 1.82) is 0 Å². The molecule has 1 N–H and O–H groups in total. The molecule has 0 atom stereocenters. The lowest BCUT2D eigenvalue weighted by Crippen LogP contribution is -2.40. The second-order valence-electron chi connectivity index (χ2n) is 7.20. The third kappa shape index (κ3) is 5.00. The van der Waals surface area contributed by atoms with E-state index < -0.39 is 15.6 Å². The summed E-state index contributed by atoms with van der Waals surface area (Å²) in [5.74, 6) is 0.391. The standard InChI is InChI=1S/C16H27NO3S/c1-8-20-13-10-9-12(15(2,3)4)11-14(13)21(18,19)17-16(5,6)7/h9-11,17H,8H2,1-7H3. The molecule has 0 saturated heterocycles. The Kier molecular flexibility index (Phi) is 5.11. The maximum absolute atomic E-state index is 12.6. The molecule has 120 valence electrons. The molecule has 0 amide bonds. The zero-order valence-corrected chi connectivity index (χ0v) is 14.9. The molecule has 0 fully saturated rings. The summed E-state index contributed by atoms with van der Waals surface area (Å²) in [7, 11) is -3.63. The van der Waals surface area contributed by atoms with E-state index in [1.165, 1.54) is 0 Å². The van der Waals surface area contributed by atoms with Gasteiger partial charge in [0.2, 0.25) is 10.0 Å². The number of benzene rings is 1. The van der Waals surface area contributed by atoms with Gasteiger partial charge in [0.15, 0.2) is 0 Å². The van der Waals surface area contributed by atoms with Crippen molar-refractivity contribution in [3.63, 3.8) is 0 Å². The van der Waals surface area contributed by atoms with Gasteiger partial charge in [-0.05, 0) is 50.8 Å². The third-order valence-corrected chi connectivity index (χ3v) is 4.62. The average molecular weight is 313 g/mol. The monoisotopic (exact) mass is 313 g/mol. The van der Waals surface area contributed by atoms with Crippen molar-refractivity contribution in [3.05, 3.63) is 23.8 Å². The van der Waals surface area contributed by atoms with Crippen LogP contribution >= 0.6 is 0 Å². The lowest BCUT2D eigenvalue weighted by atomic mass is 9.87. The zero-order valence-electron chi connectivity index (χ0n) is 14.1. The first-order chi connectivity index (χ1) is 9.37. The van der Waals surface area contributed by atoms with Gasteiger partial charge < -0.3 is 4.74 Å². The molecule has 0 heterocycles. The molecule has 0 aliphatic heterocycles. The van der Waals surface area contributed by atoms with E-state index in [1.807, 2.05) is 33.8 Å². The fourth-order valence-electron chi connectivity index (χ4n) is 1.92. The Bertz CT molecular complexity index is 593. The lowest BCUT2D eigenvalue weighted by Gasteiger charge is -2.24. The average Bonchev–Trinajstić information content (AvgIpc) is 2.24. The molecular formula is C16H27NO3S. The van der Waals surface area contributed by atoms with E-state index in [-0.39, 0.29) is 10.3 Å². The van der Waals surface area contributed by atoms with Crippen LogP contribution in [-0.4, -0.2) is 20.6 Å². The summed E-state index contributed by atoms with van der Waals surface area (Å²) in [6.45, 7) is 13.9. The van der Waals surface area contributed by atoms with E-state index in [4.69, 9.17) is 4.74 Å². The van der Waals surface area contributed by atoms with E-state index in [1.54, 1.807) is 12.1 Å². The van der Waals surface area contributed by atoms with Gasteiger partial charge in [-0.3, -0.25) is 0 Å². The van der Waals surface area contributed by atoms with Crippen molar-refractivity contribution in [1.82, 2.24) is 4.72 Å². The van der Waals surface area contributed by atoms with Crippen LogP contribution in [0.2, 0.25) is 0 Å². The summed E-state index contributed by atoms with van der Waals surface area (Å²) in [4.78, 5) is 0.201. The van der Waals surface area contributed by atoms with Crippen molar-refractivity contribution in [2.24, 2.45) is 0 Å². The Balaban J connectivity index is 3.43. The molecule has 0 saturated carbocycles. The highest BCUT2D eigenvalue weighted by molar-refractivity contribution is 7.89. The summed E-state index contributed by atoms with van der Waals surface area (Å²) >= 11 is 0. The Morgan fingerprint density at radius 1 is 1.10 bits per heavy atom. The van der Waals surface area contributed by atoms with Crippen molar-refractivity contribution in [3.8, 4) is 5.75 Å². The molecule has 4 nitrogen and oxygen atoms in total. The molecule has 0 spiro atoms. The quantitative estimate of drug-likeness (QED) is 0.926. The van der Waals surface area contributed by atoms with Crippen LogP contribution < -0.4 is 9.46 Å². The summed E-state index contributed by atoms with van der Waals surface area (Å²) in [6, 6.07) is 5.36. The number of nitrogens with one attached hydrogen (secondary N) is 1. The van der Waals surface area contributed by atoms with Crippen molar-refractivity contribution in [2.45, 2.75) is 64.3 Å². The highest BCUT2D eigenvalue weighted by Crippen LogP contribution is 2.31. The van der Waals surface area contributed by atoms with E-state index >= 15 is 0 Å². The molecule has 1 aromatic carbocycles. The molecule has 21 heavy (non-hydrogen) atoms. The van der Waals surface area contributed by atoms with Gasteiger partial charge in [0.1, 0.15) is 10.6 Å². The summed E-state index contributed by atoms with van der Waals surface area (Å²) in [6.07, 6.45) is 0. The lowest BCUT2D eigenvalue weighted by molar-refractivity contribution is 0.330. The van der Waals surface area contributed by atoms with Crippen molar-refractivity contribution in [2.75, 3.05) is 6.61 Å². The molecule has 0 aliphatic carbocycles. The molecule has 0 unspecified atom stereocenters. The minimum absolute atomic E-state index is 0.128. The number of ether oxygens (including phenoxy) is 1. The van der Waals surface area contributed by atoms with Crippen LogP contribution in [0.25, 0.3) is 0 Å². The molecule has 0 aromatic heterocycles. The van der Waals surface area contributed by atoms with Crippen molar-refractivity contribution >= 4 is 10.0 Å². The minimum atomic E-state index is -3.63. The van der Waals surface area contributed by atoms with Crippen LogP contribution in [0.4, 0.5) is 0 Å². The molecule has 0 aliphatic rings. The fourth-order valence-corrected chi connectivity index (χ4v) is 3.51. The highest BCUT2D eigenvalue weighted by Gasteiger charge is 2.27. The Morgan fingerprint density at radius 3 is 2.10 bits per heavy atom. The van der Waals surface area contributed by atoms with Gasteiger partial charge in [-0.1, -0.05) is 26.8 Å². The predicted molar refractivity (Wildman–Crippen MR) is 86.4 cm³/mol. The molecule has 0 bridgehead atoms. The number of sulfonamides is 1. The highest BCUT2D eigenvalue weighted by atomic mass is 32.2. The smallest absolute Gasteiger partial charge is 0.244 e.